The van der Waals surface area contributed by atoms with Gasteiger partial charge in [0.1, 0.15) is 10.8 Å². The molecular formula is C17H12FN2OS. The number of hydrogen-bond donors (Lipinski definition) is 1. The molecule has 22 heavy (non-hydrogen) atoms. The average molecular weight is 311 g/mol. The maximum absolute atomic E-state index is 13.2. The van der Waals surface area contributed by atoms with E-state index in [-0.39, 0.29) is 12.4 Å². The smallest absolute Gasteiger partial charge is 0.219 e. The first kappa shape index (κ1) is 14.4. The number of benzene rings is 2. The number of carbonyl (C=O) groups excluding carboxylic acids is 1. The van der Waals surface area contributed by atoms with E-state index in [0.717, 1.165) is 21.0 Å². The standard InChI is InChI=1S/C17H12FN2OS/c18-13-5-6-16-15(11-13)20-17(22-16)7-4-12-2-1-3-14(10-12)19-8-9-21/h1-7,10-11,19H,8H2. The van der Waals surface area contributed by atoms with Crippen molar-refractivity contribution in [1.82, 2.24) is 4.98 Å². The lowest BCUT2D eigenvalue weighted by atomic mass is 10.2. The van der Waals surface area contributed by atoms with E-state index in [1.54, 1.807) is 12.4 Å². The topological polar surface area (TPSA) is 42.0 Å². The van der Waals surface area contributed by atoms with Crippen LogP contribution in [0.15, 0.2) is 42.5 Å². The lowest BCUT2D eigenvalue weighted by molar-refractivity contribution is 0.557. The summed E-state index contributed by atoms with van der Waals surface area (Å²) in [7, 11) is 0. The van der Waals surface area contributed by atoms with Gasteiger partial charge in [0, 0.05) is 11.8 Å². The van der Waals surface area contributed by atoms with E-state index in [4.69, 9.17) is 0 Å². The molecule has 109 valence electrons. The molecule has 1 radical (unpaired) electrons. The zero-order chi connectivity index (χ0) is 15.4. The van der Waals surface area contributed by atoms with E-state index in [0.29, 0.717) is 5.52 Å². The fourth-order valence-electron chi connectivity index (χ4n) is 2.05. The van der Waals surface area contributed by atoms with Gasteiger partial charge in [-0.15, -0.1) is 11.3 Å². The van der Waals surface area contributed by atoms with E-state index < -0.39 is 0 Å². The first-order valence-electron chi connectivity index (χ1n) is 6.68. The first-order valence-corrected chi connectivity index (χ1v) is 7.49. The Labute approximate surface area is 131 Å². The summed E-state index contributed by atoms with van der Waals surface area (Å²) >= 11 is 1.51. The molecule has 3 aromatic rings. The molecule has 5 heteroatoms. The molecule has 1 aromatic heterocycles. The number of nitrogens with one attached hydrogen (secondary N) is 1. The molecule has 0 aliphatic rings. The zero-order valence-corrected chi connectivity index (χ0v) is 12.4. The molecule has 0 aliphatic carbocycles. The Hall–Kier alpha value is -2.53. The molecule has 0 saturated carbocycles. The lowest BCUT2D eigenvalue weighted by Gasteiger charge is -2.02. The highest BCUT2D eigenvalue weighted by Gasteiger charge is 2.02. The summed E-state index contributed by atoms with van der Waals surface area (Å²) in [6.07, 6.45) is 5.63. The van der Waals surface area contributed by atoms with Crippen molar-refractivity contribution in [1.29, 1.82) is 0 Å². The van der Waals surface area contributed by atoms with E-state index in [2.05, 4.69) is 10.3 Å². The number of nitrogens with zero attached hydrogens (tertiary/aromatic N) is 1. The summed E-state index contributed by atoms with van der Waals surface area (Å²) in [5.74, 6) is -0.279. The molecule has 1 N–H and O–H groups in total. The molecular weight excluding hydrogens is 299 g/mol. The molecule has 0 amide bonds. The van der Waals surface area contributed by atoms with Crippen LogP contribution in [0.4, 0.5) is 10.1 Å². The molecule has 3 nitrogen and oxygen atoms in total. The van der Waals surface area contributed by atoms with Crippen LogP contribution in [-0.4, -0.2) is 17.8 Å². The highest BCUT2D eigenvalue weighted by molar-refractivity contribution is 7.19. The van der Waals surface area contributed by atoms with Crippen molar-refractivity contribution in [3.05, 3.63) is 58.9 Å². The summed E-state index contributed by atoms with van der Waals surface area (Å²) in [5, 5.41) is 3.77. The van der Waals surface area contributed by atoms with Gasteiger partial charge in [0.05, 0.1) is 16.8 Å². The van der Waals surface area contributed by atoms with Crippen LogP contribution in [0.5, 0.6) is 0 Å². The Bertz CT molecular complexity index is 842. The van der Waals surface area contributed by atoms with Gasteiger partial charge < -0.3 is 5.32 Å². The van der Waals surface area contributed by atoms with Crippen LogP contribution in [-0.2, 0) is 4.79 Å². The van der Waals surface area contributed by atoms with Gasteiger partial charge in [-0.1, -0.05) is 18.2 Å². The minimum absolute atomic E-state index is 0.163. The highest BCUT2D eigenvalue weighted by Crippen LogP contribution is 2.24. The largest absolute Gasteiger partial charge is 0.377 e. The van der Waals surface area contributed by atoms with Crippen LogP contribution >= 0.6 is 11.3 Å². The Balaban J connectivity index is 1.81. The van der Waals surface area contributed by atoms with Crippen molar-refractivity contribution in [2.45, 2.75) is 0 Å². The third-order valence-electron chi connectivity index (χ3n) is 3.04. The van der Waals surface area contributed by atoms with Crippen molar-refractivity contribution in [3.63, 3.8) is 0 Å². The molecule has 0 bridgehead atoms. The third-order valence-corrected chi connectivity index (χ3v) is 4.04. The van der Waals surface area contributed by atoms with Crippen molar-refractivity contribution >= 4 is 45.7 Å². The van der Waals surface area contributed by atoms with Crippen LogP contribution < -0.4 is 5.32 Å². The van der Waals surface area contributed by atoms with Crippen LogP contribution in [0.25, 0.3) is 22.4 Å². The predicted molar refractivity (Wildman–Crippen MR) is 89.1 cm³/mol. The normalized spacial score (nSPS) is 11.1. The van der Waals surface area contributed by atoms with Gasteiger partial charge in [0.2, 0.25) is 6.29 Å². The second-order valence-electron chi connectivity index (χ2n) is 4.62. The van der Waals surface area contributed by atoms with E-state index in [9.17, 15) is 9.18 Å². The maximum Gasteiger partial charge on any atom is 0.219 e. The summed E-state index contributed by atoms with van der Waals surface area (Å²) in [4.78, 5) is 14.6. The number of rotatable bonds is 5. The second kappa shape index (κ2) is 6.49. The van der Waals surface area contributed by atoms with Gasteiger partial charge in [0.25, 0.3) is 0 Å². The Kier molecular flexibility index (Phi) is 4.25. The van der Waals surface area contributed by atoms with Crippen molar-refractivity contribution in [3.8, 4) is 0 Å². The van der Waals surface area contributed by atoms with Gasteiger partial charge in [-0.25, -0.2) is 9.37 Å². The zero-order valence-electron chi connectivity index (χ0n) is 11.5. The van der Waals surface area contributed by atoms with Crippen LogP contribution in [0.2, 0.25) is 0 Å². The molecule has 2 aromatic carbocycles. The number of aromatic nitrogens is 1. The highest BCUT2D eigenvalue weighted by atomic mass is 32.1. The minimum atomic E-state index is -0.279. The second-order valence-corrected chi connectivity index (χ2v) is 5.68. The van der Waals surface area contributed by atoms with Gasteiger partial charge in [-0.05, 0) is 35.9 Å². The summed E-state index contributed by atoms with van der Waals surface area (Å²) < 4.78 is 14.1. The Morgan fingerprint density at radius 2 is 2.14 bits per heavy atom. The fourth-order valence-corrected chi connectivity index (χ4v) is 2.90. The monoisotopic (exact) mass is 311 g/mol. The number of fused-ring (bicyclic) bond motifs is 1. The van der Waals surface area contributed by atoms with Crippen LogP contribution in [0.3, 0.4) is 0 Å². The quantitative estimate of drug-likeness (QED) is 0.770. The number of halogens is 1. The first-order chi connectivity index (χ1) is 10.7. The Morgan fingerprint density at radius 1 is 1.23 bits per heavy atom. The SMILES string of the molecule is O=[C]CNc1cccc(C=Cc2nc3cc(F)ccc3s2)c1. The summed E-state index contributed by atoms with van der Waals surface area (Å²) in [6.45, 7) is 0.163. The number of thiazole rings is 1. The molecule has 0 fully saturated rings. The molecule has 0 spiro atoms. The van der Waals surface area contributed by atoms with E-state index >= 15 is 0 Å². The number of hydrogen-bond acceptors (Lipinski definition) is 4. The van der Waals surface area contributed by atoms with E-state index in [1.165, 1.54) is 23.5 Å². The van der Waals surface area contributed by atoms with Crippen molar-refractivity contribution in [2.75, 3.05) is 11.9 Å². The van der Waals surface area contributed by atoms with Crippen LogP contribution in [0.1, 0.15) is 10.6 Å². The van der Waals surface area contributed by atoms with Gasteiger partial charge in [0.15, 0.2) is 0 Å². The van der Waals surface area contributed by atoms with Crippen LogP contribution in [0, 0.1) is 5.82 Å². The molecule has 1 heterocycles. The number of anilines is 1. The van der Waals surface area contributed by atoms with Gasteiger partial charge in [-0.2, -0.15) is 0 Å². The third kappa shape index (κ3) is 3.38. The molecule has 0 unspecified atom stereocenters. The summed E-state index contributed by atoms with van der Waals surface area (Å²) in [5.41, 5.74) is 2.51. The summed E-state index contributed by atoms with van der Waals surface area (Å²) in [6, 6.07) is 12.3. The molecule has 0 saturated heterocycles. The minimum Gasteiger partial charge on any atom is -0.377 e. The average Bonchev–Trinajstić information content (AvgIpc) is 2.93. The predicted octanol–water partition coefficient (Wildman–Crippen LogP) is 4.13. The van der Waals surface area contributed by atoms with Gasteiger partial charge in [-0.3, -0.25) is 4.79 Å². The van der Waals surface area contributed by atoms with Crippen molar-refractivity contribution in [2.24, 2.45) is 0 Å². The van der Waals surface area contributed by atoms with E-state index in [1.807, 2.05) is 36.4 Å². The fraction of sp³-hybridized carbons (Fsp3) is 0.0588. The molecule has 3 rings (SSSR count). The maximum atomic E-state index is 13.2. The van der Waals surface area contributed by atoms with Crippen molar-refractivity contribution < 1.29 is 9.18 Å². The Morgan fingerprint density at radius 3 is 3.00 bits per heavy atom. The molecule has 0 aliphatic heterocycles. The van der Waals surface area contributed by atoms with Gasteiger partial charge >= 0.3 is 0 Å². The lowest BCUT2D eigenvalue weighted by Crippen LogP contribution is -2.01. The molecule has 0 atom stereocenters.